The number of rotatable bonds is 7. The van der Waals surface area contributed by atoms with E-state index in [9.17, 15) is 0 Å². The summed E-state index contributed by atoms with van der Waals surface area (Å²) >= 11 is 0. The molecule has 1 heterocycles. The minimum absolute atomic E-state index is 0.875. The minimum Gasteiger partial charge on any atom is -0.497 e. The van der Waals surface area contributed by atoms with Gasteiger partial charge in [0, 0.05) is 50.4 Å². The van der Waals surface area contributed by atoms with Gasteiger partial charge in [-0.2, -0.15) is 0 Å². The van der Waals surface area contributed by atoms with Crippen molar-refractivity contribution in [2.45, 2.75) is 20.0 Å². The summed E-state index contributed by atoms with van der Waals surface area (Å²) in [4.78, 5) is 5.00. The van der Waals surface area contributed by atoms with Gasteiger partial charge in [0.15, 0.2) is 0 Å². The van der Waals surface area contributed by atoms with Crippen LogP contribution in [0.3, 0.4) is 0 Å². The first-order valence-corrected chi connectivity index (χ1v) is 9.42. The molecule has 2 aromatic carbocycles. The summed E-state index contributed by atoms with van der Waals surface area (Å²) in [5.74, 6) is 2.72. The molecule has 3 rings (SSSR count). The Hall–Kier alpha value is -2.24. The van der Waals surface area contributed by atoms with Crippen molar-refractivity contribution in [2.24, 2.45) is 0 Å². The van der Waals surface area contributed by atoms with Crippen LogP contribution >= 0.6 is 0 Å². The van der Waals surface area contributed by atoms with E-state index < -0.39 is 0 Å². The second-order valence-electron chi connectivity index (χ2n) is 6.99. The fourth-order valence-corrected chi connectivity index (χ4v) is 3.70. The van der Waals surface area contributed by atoms with E-state index in [1.54, 1.807) is 21.3 Å². The van der Waals surface area contributed by atoms with E-state index in [0.29, 0.717) is 0 Å². The van der Waals surface area contributed by atoms with Crippen molar-refractivity contribution in [3.63, 3.8) is 0 Å². The first-order valence-electron chi connectivity index (χ1n) is 9.42. The zero-order chi connectivity index (χ0) is 19.2. The molecule has 1 fully saturated rings. The molecule has 0 bridgehead atoms. The monoisotopic (exact) mass is 370 g/mol. The average molecular weight is 370 g/mol. The molecule has 0 radical (unpaired) electrons. The van der Waals surface area contributed by atoms with Gasteiger partial charge < -0.3 is 14.2 Å². The van der Waals surface area contributed by atoms with Gasteiger partial charge in [-0.3, -0.25) is 9.80 Å². The Balaban J connectivity index is 1.55. The standard InChI is InChI=1S/C22H30N2O3/c1-17-21(26-3)10-7-19(22(17)27-4)16-24-13-11-23(12-14-24)15-18-5-8-20(25-2)9-6-18/h5-10H,11-16H2,1-4H3. The number of piperazine rings is 1. The second-order valence-corrected chi connectivity index (χ2v) is 6.99. The van der Waals surface area contributed by atoms with E-state index >= 15 is 0 Å². The van der Waals surface area contributed by atoms with Crippen LogP contribution in [-0.2, 0) is 13.1 Å². The van der Waals surface area contributed by atoms with Gasteiger partial charge >= 0.3 is 0 Å². The Bertz CT molecular complexity index is 738. The van der Waals surface area contributed by atoms with Crippen LogP contribution in [0.1, 0.15) is 16.7 Å². The Kier molecular flexibility index (Phi) is 6.58. The lowest BCUT2D eigenvalue weighted by molar-refractivity contribution is 0.121. The van der Waals surface area contributed by atoms with Crippen LogP contribution in [0, 0.1) is 6.92 Å². The normalized spacial score (nSPS) is 15.6. The summed E-state index contributed by atoms with van der Waals surface area (Å²) in [5.41, 5.74) is 3.62. The molecule has 0 spiro atoms. The highest BCUT2D eigenvalue weighted by Gasteiger charge is 2.19. The summed E-state index contributed by atoms with van der Waals surface area (Å²) in [6, 6.07) is 12.5. The second kappa shape index (κ2) is 9.11. The fraction of sp³-hybridized carbons (Fsp3) is 0.455. The molecule has 146 valence electrons. The Morgan fingerprint density at radius 2 is 1.37 bits per heavy atom. The summed E-state index contributed by atoms with van der Waals surface area (Å²) in [7, 11) is 5.13. The number of benzene rings is 2. The van der Waals surface area contributed by atoms with Crippen LogP contribution < -0.4 is 14.2 Å². The van der Waals surface area contributed by atoms with E-state index in [4.69, 9.17) is 14.2 Å². The topological polar surface area (TPSA) is 34.2 Å². The molecule has 0 atom stereocenters. The Morgan fingerprint density at radius 1 is 0.741 bits per heavy atom. The molecule has 27 heavy (non-hydrogen) atoms. The molecule has 5 heteroatoms. The van der Waals surface area contributed by atoms with Crippen LogP contribution in [-0.4, -0.2) is 57.3 Å². The molecule has 2 aromatic rings. The van der Waals surface area contributed by atoms with Gasteiger partial charge in [0.05, 0.1) is 21.3 Å². The van der Waals surface area contributed by atoms with Crippen molar-refractivity contribution in [2.75, 3.05) is 47.5 Å². The van der Waals surface area contributed by atoms with Gasteiger partial charge in [0.25, 0.3) is 0 Å². The lowest BCUT2D eigenvalue weighted by Crippen LogP contribution is -2.45. The van der Waals surface area contributed by atoms with E-state index in [0.717, 1.165) is 62.1 Å². The van der Waals surface area contributed by atoms with Gasteiger partial charge in [-0.25, -0.2) is 0 Å². The molecule has 1 aliphatic rings. The van der Waals surface area contributed by atoms with E-state index in [2.05, 4.69) is 28.0 Å². The fourth-order valence-electron chi connectivity index (χ4n) is 3.70. The number of hydrogen-bond donors (Lipinski definition) is 0. The lowest BCUT2D eigenvalue weighted by Gasteiger charge is -2.35. The summed E-state index contributed by atoms with van der Waals surface area (Å²) < 4.78 is 16.3. The number of ether oxygens (including phenoxy) is 3. The zero-order valence-electron chi connectivity index (χ0n) is 16.8. The van der Waals surface area contributed by atoms with Crippen molar-refractivity contribution < 1.29 is 14.2 Å². The highest BCUT2D eigenvalue weighted by molar-refractivity contribution is 5.49. The summed E-state index contributed by atoms with van der Waals surface area (Å²) in [6.45, 7) is 8.21. The first-order chi connectivity index (χ1) is 13.1. The maximum atomic E-state index is 5.65. The number of methoxy groups -OCH3 is 3. The van der Waals surface area contributed by atoms with Crippen LogP contribution in [0.15, 0.2) is 36.4 Å². The molecular weight excluding hydrogens is 340 g/mol. The van der Waals surface area contributed by atoms with Gasteiger partial charge in [-0.1, -0.05) is 18.2 Å². The zero-order valence-corrected chi connectivity index (χ0v) is 16.8. The molecule has 0 unspecified atom stereocenters. The quantitative estimate of drug-likeness (QED) is 0.747. The molecule has 0 saturated carbocycles. The van der Waals surface area contributed by atoms with E-state index in [1.807, 2.05) is 25.1 Å². The molecule has 1 saturated heterocycles. The van der Waals surface area contributed by atoms with E-state index in [-0.39, 0.29) is 0 Å². The Morgan fingerprint density at radius 3 is 1.93 bits per heavy atom. The SMILES string of the molecule is COc1ccc(CN2CCN(Cc3ccc(OC)c(C)c3OC)CC2)cc1. The van der Waals surface area contributed by atoms with Gasteiger partial charge in [-0.15, -0.1) is 0 Å². The molecule has 0 amide bonds. The maximum absolute atomic E-state index is 5.65. The van der Waals surface area contributed by atoms with Gasteiger partial charge in [-0.05, 0) is 30.7 Å². The van der Waals surface area contributed by atoms with Crippen molar-refractivity contribution in [3.05, 3.63) is 53.1 Å². The summed E-state index contributed by atoms with van der Waals surface area (Å²) in [5, 5.41) is 0. The predicted octanol–water partition coefficient (Wildman–Crippen LogP) is 3.34. The van der Waals surface area contributed by atoms with Gasteiger partial charge in [0.2, 0.25) is 0 Å². The molecule has 0 aromatic heterocycles. The highest BCUT2D eigenvalue weighted by Crippen LogP contribution is 2.32. The molecule has 5 nitrogen and oxygen atoms in total. The highest BCUT2D eigenvalue weighted by atomic mass is 16.5. The number of nitrogens with zero attached hydrogens (tertiary/aromatic N) is 2. The van der Waals surface area contributed by atoms with Gasteiger partial charge in [0.1, 0.15) is 17.2 Å². The third-order valence-electron chi connectivity index (χ3n) is 5.29. The third kappa shape index (κ3) is 4.73. The summed E-state index contributed by atoms with van der Waals surface area (Å²) in [6.07, 6.45) is 0. The Labute approximate surface area is 162 Å². The van der Waals surface area contributed by atoms with Crippen molar-refractivity contribution in [1.82, 2.24) is 9.80 Å². The van der Waals surface area contributed by atoms with Crippen LogP contribution in [0.2, 0.25) is 0 Å². The molecule has 0 N–H and O–H groups in total. The molecule has 0 aliphatic carbocycles. The lowest BCUT2D eigenvalue weighted by atomic mass is 10.1. The van der Waals surface area contributed by atoms with Crippen LogP contribution in [0.4, 0.5) is 0 Å². The number of hydrogen-bond acceptors (Lipinski definition) is 5. The minimum atomic E-state index is 0.875. The third-order valence-corrected chi connectivity index (χ3v) is 5.29. The molecule has 1 aliphatic heterocycles. The largest absolute Gasteiger partial charge is 0.497 e. The average Bonchev–Trinajstić information content (AvgIpc) is 2.70. The van der Waals surface area contributed by atoms with Crippen molar-refractivity contribution in [3.8, 4) is 17.2 Å². The maximum Gasteiger partial charge on any atom is 0.129 e. The molecular formula is C22H30N2O3. The predicted molar refractivity (Wildman–Crippen MR) is 108 cm³/mol. The first kappa shape index (κ1) is 19.5. The van der Waals surface area contributed by atoms with Crippen LogP contribution in [0.5, 0.6) is 17.2 Å². The van der Waals surface area contributed by atoms with E-state index in [1.165, 1.54) is 11.1 Å². The van der Waals surface area contributed by atoms with Crippen LogP contribution in [0.25, 0.3) is 0 Å². The van der Waals surface area contributed by atoms with Crippen molar-refractivity contribution >= 4 is 0 Å². The van der Waals surface area contributed by atoms with Crippen molar-refractivity contribution in [1.29, 1.82) is 0 Å². The smallest absolute Gasteiger partial charge is 0.129 e.